The number of H-pyrrole nitrogens is 1. The second-order valence-electron chi connectivity index (χ2n) is 7.70. The topological polar surface area (TPSA) is 104 Å². The van der Waals surface area contributed by atoms with Crippen molar-refractivity contribution in [3.63, 3.8) is 0 Å². The molecule has 0 bridgehead atoms. The maximum Gasteiger partial charge on any atom is 0.255 e. The van der Waals surface area contributed by atoms with Gasteiger partial charge < -0.3 is 15.2 Å². The number of hydrogen-bond donors (Lipinski definition) is 3. The highest BCUT2D eigenvalue weighted by atomic mass is 16.5. The number of ether oxygens (including phenoxy) is 1. The molecule has 0 aliphatic heterocycles. The van der Waals surface area contributed by atoms with Crippen LogP contribution in [0.25, 0.3) is 23.1 Å². The van der Waals surface area contributed by atoms with Crippen LogP contribution in [0.4, 0.5) is 0 Å². The standard InChI is InChI=1S/C24H27N3O4/c1-14(2)21(13-28)25-24(30)18-10-12-20-22(23(18)31-4)19(26-27-20)11-7-16-5-8-17(9-6-16)15(3)29/h5-12,14,21,28H,13H2,1-4H3,(H,25,30)(H,26,27)/b11-7+/t21-/m1/s1. The first-order chi connectivity index (χ1) is 14.8. The molecular weight excluding hydrogens is 394 g/mol. The molecular formula is C24H27N3O4. The third-order valence-corrected chi connectivity index (χ3v) is 5.23. The van der Waals surface area contributed by atoms with Crippen molar-refractivity contribution in [1.82, 2.24) is 15.5 Å². The Bertz CT molecular complexity index is 1110. The van der Waals surface area contributed by atoms with Gasteiger partial charge in [0.1, 0.15) is 5.75 Å². The number of hydrogen-bond acceptors (Lipinski definition) is 5. The van der Waals surface area contributed by atoms with Crippen molar-refractivity contribution < 1.29 is 19.4 Å². The average molecular weight is 421 g/mol. The number of ketones is 1. The molecule has 31 heavy (non-hydrogen) atoms. The van der Waals surface area contributed by atoms with E-state index in [4.69, 9.17) is 4.74 Å². The quantitative estimate of drug-likeness (QED) is 0.481. The first-order valence-corrected chi connectivity index (χ1v) is 10.1. The Kier molecular flexibility index (Phi) is 6.87. The fourth-order valence-electron chi connectivity index (χ4n) is 3.29. The second kappa shape index (κ2) is 9.57. The number of carbonyl (C=O) groups excluding carboxylic acids is 2. The molecule has 0 fully saturated rings. The van der Waals surface area contributed by atoms with Crippen LogP contribution in [0.3, 0.4) is 0 Å². The highest BCUT2D eigenvalue weighted by molar-refractivity contribution is 6.05. The Morgan fingerprint density at radius 3 is 2.45 bits per heavy atom. The van der Waals surface area contributed by atoms with E-state index in [1.165, 1.54) is 14.0 Å². The van der Waals surface area contributed by atoms with Crippen molar-refractivity contribution in [2.75, 3.05) is 13.7 Å². The van der Waals surface area contributed by atoms with Gasteiger partial charge in [0.05, 0.1) is 41.9 Å². The third-order valence-electron chi connectivity index (χ3n) is 5.23. The van der Waals surface area contributed by atoms with Crippen LogP contribution in [0, 0.1) is 5.92 Å². The fraction of sp³-hybridized carbons (Fsp3) is 0.292. The molecule has 1 aromatic heterocycles. The summed E-state index contributed by atoms with van der Waals surface area (Å²) in [7, 11) is 1.51. The van der Waals surface area contributed by atoms with Crippen LogP contribution in [-0.4, -0.2) is 46.8 Å². The highest BCUT2D eigenvalue weighted by Crippen LogP contribution is 2.32. The maximum absolute atomic E-state index is 12.9. The van der Waals surface area contributed by atoms with Crippen molar-refractivity contribution in [2.45, 2.75) is 26.8 Å². The van der Waals surface area contributed by atoms with Crippen molar-refractivity contribution in [3.05, 3.63) is 58.8 Å². The molecule has 3 N–H and O–H groups in total. The highest BCUT2D eigenvalue weighted by Gasteiger charge is 2.22. The molecule has 2 aromatic carbocycles. The number of nitrogens with zero attached hydrogens (tertiary/aromatic N) is 1. The number of amides is 1. The SMILES string of the molecule is COc1c(C(=O)N[C@H](CO)C(C)C)ccc2[nH]nc(/C=C/c3ccc(C(C)=O)cc3)c12. The Morgan fingerprint density at radius 1 is 1.16 bits per heavy atom. The lowest BCUT2D eigenvalue weighted by atomic mass is 10.0. The van der Waals surface area contributed by atoms with Crippen LogP contribution < -0.4 is 10.1 Å². The van der Waals surface area contributed by atoms with E-state index in [0.717, 1.165) is 11.1 Å². The van der Waals surface area contributed by atoms with Gasteiger partial charge in [0.2, 0.25) is 0 Å². The summed E-state index contributed by atoms with van der Waals surface area (Å²) in [5.74, 6) is 0.203. The van der Waals surface area contributed by atoms with Crippen molar-refractivity contribution in [1.29, 1.82) is 0 Å². The van der Waals surface area contributed by atoms with E-state index in [1.807, 2.05) is 38.1 Å². The van der Waals surface area contributed by atoms with Gasteiger partial charge in [0.15, 0.2) is 5.78 Å². The number of aromatic nitrogens is 2. The van der Waals surface area contributed by atoms with Crippen molar-refractivity contribution in [2.24, 2.45) is 5.92 Å². The lowest BCUT2D eigenvalue weighted by Gasteiger charge is -2.20. The van der Waals surface area contributed by atoms with Gasteiger partial charge in [0.25, 0.3) is 5.91 Å². The molecule has 0 radical (unpaired) electrons. The zero-order valence-corrected chi connectivity index (χ0v) is 18.1. The molecule has 1 amide bonds. The molecule has 1 heterocycles. The first kappa shape index (κ1) is 22.2. The minimum absolute atomic E-state index is 0.0188. The minimum atomic E-state index is -0.352. The molecule has 0 unspecified atom stereocenters. The van der Waals surface area contributed by atoms with Crippen LogP contribution in [0.1, 0.15) is 52.7 Å². The van der Waals surface area contributed by atoms with Gasteiger partial charge in [-0.25, -0.2) is 0 Å². The Hall–Kier alpha value is -3.45. The molecule has 0 aliphatic carbocycles. The normalized spacial score (nSPS) is 12.5. The summed E-state index contributed by atoms with van der Waals surface area (Å²) in [5.41, 5.74) is 3.30. The van der Waals surface area contributed by atoms with Gasteiger partial charge in [-0.1, -0.05) is 44.2 Å². The van der Waals surface area contributed by atoms with Gasteiger partial charge in [-0.2, -0.15) is 5.10 Å². The van der Waals surface area contributed by atoms with Gasteiger partial charge in [-0.15, -0.1) is 0 Å². The Morgan fingerprint density at radius 2 is 1.87 bits per heavy atom. The Balaban J connectivity index is 1.96. The lowest BCUT2D eigenvalue weighted by Crippen LogP contribution is -2.41. The van der Waals surface area contributed by atoms with Crippen LogP contribution in [-0.2, 0) is 0 Å². The van der Waals surface area contributed by atoms with Gasteiger partial charge >= 0.3 is 0 Å². The number of rotatable bonds is 8. The molecule has 1 atom stereocenters. The van der Waals surface area contributed by atoms with Crippen molar-refractivity contribution >= 4 is 34.7 Å². The molecule has 7 heteroatoms. The summed E-state index contributed by atoms with van der Waals surface area (Å²) in [6, 6.07) is 10.4. The number of carbonyl (C=O) groups is 2. The van der Waals surface area contributed by atoms with Crippen LogP contribution in [0.2, 0.25) is 0 Å². The number of Topliss-reactive ketones (excluding diaryl/α,β-unsaturated/α-hetero) is 1. The van der Waals surface area contributed by atoms with Gasteiger partial charge in [0, 0.05) is 5.56 Å². The van der Waals surface area contributed by atoms with E-state index in [-0.39, 0.29) is 30.3 Å². The second-order valence-corrected chi connectivity index (χ2v) is 7.70. The number of aliphatic hydroxyl groups excluding tert-OH is 1. The number of nitrogens with one attached hydrogen (secondary N) is 2. The average Bonchev–Trinajstić information content (AvgIpc) is 3.18. The number of fused-ring (bicyclic) bond motifs is 1. The monoisotopic (exact) mass is 421 g/mol. The number of benzene rings is 2. The van der Waals surface area contributed by atoms with E-state index < -0.39 is 0 Å². The largest absolute Gasteiger partial charge is 0.495 e. The molecule has 7 nitrogen and oxygen atoms in total. The fourth-order valence-corrected chi connectivity index (χ4v) is 3.29. The van der Waals surface area contributed by atoms with Crippen molar-refractivity contribution in [3.8, 4) is 5.75 Å². The predicted octanol–water partition coefficient (Wildman–Crippen LogP) is 3.69. The minimum Gasteiger partial charge on any atom is -0.495 e. The molecule has 3 aromatic rings. The van der Waals surface area contributed by atoms with E-state index in [2.05, 4.69) is 15.5 Å². The van der Waals surface area contributed by atoms with E-state index in [9.17, 15) is 14.7 Å². The summed E-state index contributed by atoms with van der Waals surface area (Å²) < 4.78 is 5.59. The van der Waals surface area contributed by atoms with Crippen LogP contribution in [0.15, 0.2) is 36.4 Å². The summed E-state index contributed by atoms with van der Waals surface area (Å²) in [4.78, 5) is 24.3. The summed E-state index contributed by atoms with van der Waals surface area (Å²) in [6.45, 7) is 5.26. The van der Waals surface area contributed by atoms with Crippen LogP contribution >= 0.6 is 0 Å². The molecule has 3 rings (SSSR count). The van der Waals surface area contributed by atoms with Crippen LogP contribution in [0.5, 0.6) is 5.75 Å². The maximum atomic E-state index is 12.9. The van der Waals surface area contributed by atoms with E-state index in [1.54, 1.807) is 24.3 Å². The molecule has 162 valence electrons. The summed E-state index contributed by atoms with van der Waals surface area (Å²) in [6.07, 6.45) is 3.71. The lowest BCUT2D eigenvalue weighted by molar-refractivity contribution is 0.0893. The molecule has 0 saturated heterocycles. The molecule has 0 aliphatic rings. The first-order valence-electron chi connectivity index (χ1n) is 10.1. The smallest absolute Gasteiger partial charge is 0.255 e. The molecule has 0 spiro atoms. The van der Waals surface area contributed by atoms with Gasteiger partial charge in [-0.05, 0) is 36.6 Å². The number of aromatic amines is 1. The van der Waals surface area contributed by atoms with Gasteiger partial charge in [-0.3, -0.25) is 14.7 Å². The Labute approximate surface area is 181 Å². The number of methoxy groups -OCH3 is 1. The van der Waals surface area contributed by atoms with E-state index in [0.29, 0.717) is 28.0 Å². The molecule has 0 saturated carbocycles. The zero-order valence-electron chi connectivity index (χ0n) is 18.1. The number of aliphatic hydroxyl groups is 1. The predicted molar refractivity (Wildman–Crippen MR) is 121 cm³/mol. The third kappa shape index (κ3) is 4.83. The zero-order chi connectivity index (χ0) is 22.5. The van der Waals surface area contributed by atoms with E-state index >= 15 is 0 Å². The summed E-state index contributed by atoms with van der Waals surface area (Å²) in [5, 5.41) is 20.4. The summed E-state index contributed by atoms with van der Waals surface area (Å²) >= 11 is 0.